The fraction of sp³-hybridized carbons (Fsp3) is 0.533. The third-order valence-corrected chi connectivity index (χ3v) is 3.66. The van der Waals surface area contributed by atoms with Crippen molar-refractivity contribution in [1.29, 1.82) is 0 Å². The first-order chi connectivity index (χ1) is 9.63. The van der Waals surface area contributed by atoms with Crippen molar-refractivity contribution in [3.05, 3.63) is 23.8 Å². The van der Waals surface area contributed by atoms with Crippen LogP contribution in [0.2, 0.25) is 0 Å². The van der Waals surface area contributed by atoms with Gasteiger partial charge in [-0.2, -0.15) is 0 Å². The lowest BCUT2D eigenvalue weighted by molar-refractivity contribution is 0.0527. The summed E-state index contributed by atoms with van der Waals surface area (Å²) in [7, 11) is 0. The molecule has 0 aromatic heterocycles. The van der Waals surface area contributed by atoms with Gasteiger partial charge in [0.15, 0.2) is 0 Å². The number of anilines is 2. The quantitative estimate of drug-likeness (QED) is 0.638. The number of nitrogen functional groups attached to an aromatic ring is 1. The molecule has 0 spiro atoms. The predicted octanol–water partition coefficient (Wildman–Crippen LogP) is 2.28. The lowest BCUT2D eigenvalue weighted by atomic mass is 10.00. The first-order valence-electron chi connectivity index (χ1n) is 7.03. The maximum absolute atomic E-state index is 11.8. The van der Waals surface area contributed by atoms with E-state index in [4.69, 9.17) is 15.2 Å². The Morgan fingerprint density at radius 1 is 1.60 bits per heavy atom. The average Bonchev–Trinajstić information content (AvgIpc) is 2.95. The minimum absolute atomic E-state index is 0.247. The van der Waals surface area contributed by atoms with Crippen LogP contribution in [-0.2, 0) is 9.47 Å². The maximum Gasteiger partial charge on any atom is 0.340 e. The van der Waals surface area contributed by atoms with Crippen LogP contribution >= 0.6 is 0 Å². The Morgan fingerprint density at radius 2 is 2.40 bits per heavy atom. The molecule has 2 atom stereocenters. The Hall–Kier alpha value is -1.75. The molecule has 1 aliphatic heterocycles. The summed E-state index contributed by atoms with van der Waals surface area (Å²) < 4.78 is 10.4. The fourth-order valence-corrected chi connectivity index (χ4v) is 2.39. The topological polar surface area (TPSA) is 73.6 Å². The molecule has 5 heteroatoms. The van der Waals surface area contributed by atoms with Gasteiger partial charge >= 0.3 is 5.97 Å². The molecule has 0 saturated carbocycles. The molecule has 0 radical (unpaired) electrons. The van der Waals surface area contributed by atoms with Crippen LogP contribution in [0.25, 0.3) is 0 Å². The van der Waals surface area contributed by atoms with Gasteiger partial charge in [-0.15, -0.1) is 0 Å². The van der Waals surface area contributed by atoms with Gasteiger partial charge in [-0.05, 0) is 32.4 Å². The molecular formula is C15H22N2O3. The predicted molar refractivity (Wildman–Crippen MR) is 78.8 cm³/mol. The fourth-order valence-electron chi connectivity index (χ4n) is 2.39. The molecule has 5 nitrogen and oxygen atoms in total. The average molecular weight is 278 g/mol. The SMILES string of the molecule is CCOC(=O)c1cccc(NC(C)C2CCOC2)c1N. The molecule has 0 bridgehead atoms. The van der Waals surface area contributed by atoms with E-state index in [9.17, 15) is 4.79 Å². The van der Waals surface area contributed by atoms with Crippen molar-refractivity contribution in [2.75, 3.05) is 30.9 Å². The molecular weight excluding hydrogens is 256 g/mol. The van der Waals surface area contributed by atoms with Crippen LogP contribution in [0.3, 0.4) is 0 Å². The molecule has 1 aromatic carbocycles. The number of carbonyl (C=O) groups excluding carboxylic acids is 1. The van der Waals surface area contributed by atoms with Crippen LogP contribution in [0, 0.1) is 5.92 Å². The zero-order chi connectivity index (χ0) is 14.5. The van der Waals surface area contributed by atoms with E-state index < -0.39 is 0 Å². The van der Waals surface area contributed by atoms with Crippen LogP contribution in [-0.4, -0.2) is 31.8 Å². The molecule has 1 aliphatic rings. The van der Waals surface area contributed by atoms with Crippen molar-refractivity contribution < 1.29 is 14.3 Å². The molecule has 0 amide bonds. The van der Waals surface area contributed by atoms with Crippen LogP contribution < -0.4 is 11.1 Å². The van der Waals surface area contributed by atoms with E-state index in [2.05, 4.69) is 12.2 Å². The molecule has 20 heavy (non-hydrogen) atoms. The zero-order valence-electron chi connectivity index (χ0n) is 12.0. The van der Waals surface area contributed by atoms with Crippen molar-refractivity contribution in [1.82, 2.24) is 0 Å². The molecule has 1 fully saturated rings. The lowest BCUT2D eigenvalue weighted by Crippen LogP contribution is -2.26. The molecule has 2 unspecified atom stereocenters. The van der Waals surface area contributed by atoms with Gasteiger partial charge in [0.25, 0.3) is 0 Å². The van der Waals surface area contributed by atoms with E-state index in [1.54, 1.807) is 13.0 Å². The second-order valence-electron chi connectivity index (χ2n) is 5.04. The first kappa shape index (κ1) is 14.7. The summed E-state index contributed by atoms with van der Waals surface area (Å²) in [5.74, 6) is 0.0890. The minimum Gasteiger partial charge on any atom is -0.462 e. The number of rotatable bonds is 5. The number of carbonyl (C=O) groups is 1. The number of hydrogen-bond donors (Lipinski definition) is 2. The highest BCUT2D eigenvalue weighted by atomic mass is 16.5. The van der Waals surface area contributed by atoms with E-state index in [1.807, 2.05) is 12.1 Å². The first-order valence-corrected chi connectivity index (χ1v) is 7.03. The van der Waals surface area contributed by atoms with Gasteiger partial charge in [-0.1, -0.05) is 6.07 Å². The van der Waals surface area contributed by atoms with E-state index >= 15 is 0 Å². The standard InChI is InChI=1S/C15H22N2O3/c1-3-20-15(18)12-5-4-6-13(14(12)16)17-10(2)11-7-8-19-9-11/h4-6,10-11,17H,3,7-9,16H2,1-2H3. The third kappa shape index (κ3) is 3.22. The van der Waals surface area contributed by atoms with E-state index in [0.717, 1.165) is 25.3 Å². The second kappa shape index (κ2) is 6.61. The Morgan fingerprint density at radius 3 is 3.05 bits per heavy atom. The smallest absolute Gasteiger partial charge is 0.340 e. The number of hydrogen-bond acceptors (Lipinski definition) is 5. The number of nitrogens with two attached hydrogens (primary N) is 1. The van der Waals surface area contributed by atoms with Crippen LogP contribution in [0.4, 0.5) is 11.4 Å². The largest absolute Gasteiger partial charge is 0.462 e. The normalized spacial score (nSPS) is 19.6. The second-order valence-corrected chi connectivity index (χ2v) is 5.04. The van der Waals surface area contributed by atoms with Gasteiger partial charge in [0.1, 0.15) is 0 Å². The lowest BCUT2D eigenvalue weighted by Gasteiger charge is -2.22. The van der Waals surface area contributed by atoms with Crippen molar-refractivity contribution >= 4 is 17.3 Å². The van der Waals surface area contributed by atoms with Gasteiger partial charge in [0.05, 0.1) is 30.2 Å². The summed E-state index contributed by atoms with van der Waals surface area (Å²) in [5, 5.41) is 3.38. The molecule has 1 saturated heterocycles. The Balaban J connectivity index is 2.11. The number of benzene rings is 1. The summed E-state index contributed by atoms with van der Waals surface area (Å²) >= 11 is 0. The highest BCUT2D eigenvalue weighted by Gasteiger charge is 2.23. The van der Waals surface area contributed by atoms with Crippen molar-refractivity contribution in [3.8, 4) is 0 Å². The Labute approximate surface area is 119 Å². The highest BCUT2D eigenvalue weighted by Crippen LogP contribution is 2.27. The van der Waals surface area contributed by atoms with Gasteiger partial charge < -0.3 is 20.5 Å². The number of ether oxygens (including phenoxy) is 2. The van der Waals surface area contributed by atoms with Gasteiger partial charge in [0, 0.05) is 18.6 Å². The Bertz CT molecular complexity index is 470. The number of nitrogens with one attached hydrogen (secondary N) is 1. The number of esters is 1. The summed E-state index contributed by atoms with van der Waals surface area (Å²) in [6.07, 6.45) is 1.05. The summed E-state index contributed by atoms with van der Waals surface area (Å²) in [4.78, 5) is 11.8. The highest BCUT2D eigenvalue weighted by molar-refractivity contribution is 5.98. The molecule has 1 aromatic rings. The third-order valence-electron chi connectivity index (χ3n) is 3.66. The zero-order valence-corrected chi connectivity index (χ0v) is 12.0. The molecule has 1 heterocycles. The van der Waals surface area contributed by atoms with Crippen LogP contribution in [0.5, 0.6) is 0 Å². The molecule has 2 rings (SSSR count). The molecule has 0 aliphatic carbocycles. The maximum atomic E-state index is 11.8. The van der Waals surface area contributed by atoms with Gasteiger partial charge in [0.2, 0.25) is 0 Å². The Kier molecular flexibility index (Phi) is 4.84. The van der Waals surface area contributed by atoms with Crippen LogP contribution in [0.1, 0.15) is 30.6 Å². The van der Waals surface area contributed by atoms with Gasteiger partial charge in [-0.3, -0.25) is 0 Å². The van der Waals surface area contributed by atoms with E-state index in [1.165, 1.54) is 0 Å². The number of para-hydroxylation sites is 1. The minimum atomic E-state index is -0.384. The van der Waals surface area contributed by atoms with Crippen LogP contribution in [0.15, 0.2) is 18.2 Å². The molecule has 3 N–H and O–H groups in total. The van der Waals surface area contributed by atoms with Crippen molar-refractivity contribution in [3.63, 3.8) is 0 Å². The molecule has 110 valence electrons. The monoisotopic (exact) mass is 278 g/mol. The summed E-state index contributed by atoms with van der Waals surface area (Å²) in [6.45, 7) is 5.81. The van der Waals surface area contributed by atoms with Gasteiger partial charge in [-0.25, -0.2) is 4.79 Å². The summed E-state index contributed by atoms with van der Waals surface area (Å²) in [6, 6.07) is 5.62. The van der Waals surface area contributed by atoms with Crippen molar-refractivity contribution in [2.45, 2.75) is 26.3 Å². The van der Waals surface area contributed by atoms with E-state index in [-0.39, 0.29) is 12.0 Å². The van der Waals surface area contributed by atoms with E-state index in [0.29, 0.717) is 23.8 Å². The van der Waals surface area contributed by atoms with Crippen molar-refractivity contribution in [2.24, 2.45) is 5.92 Å². The summed E-state index contributed by atoms with van der Waals surface area (Å²) in [5.41, 5.74) is 7.69.